The Kier molecular flexibility index (Phi) is 16.4. The quantitative estimate of drug-likeness (QED) is 0.0752. The molecule has 0 aliphatic heterocycles. The molecule has 4 rings (SSSR count). The first-order chi connectivity index (χ1) is 25.7. The number of likely N-dealkylation sites (N-methyl/N-ethyl adjacent to an activating group) is 1. The lowest BCUT2D eigenvalue weighted by Crippen LogP contribution is -2.67. The van der Waals surface area contributed by atoms with Crippen LogP contribution in [-0.4, -0.2) is 97.3 Å². The van der Waals surface area contributed by atoms with Gasteiger partial charge in [0.1, 0.15) is 12.4 Å². The van der Waals surface area contributed by atoms with Crippen molar-refractivity contribution in [2.75, 3.05) is 52.3 Å². The Morgan fingerprint density at radius 2 is 1.53 bits per heavy atom. The first kappa shape index (κ1) is 46.6. The monoisotopic (exact) mass is 839 g/mol. The van der Waals surface area contributed by atoms with E-state index < -0.39 is 37.2 Å². The molecule has 16 heteroatoms. The number of aliphatic hydroxyl groups is 1. The summed E-state index contributed by atoms with van der Waals surface area (Å²) in [5.74, 6) is 3.05. The van der Waals surface area contributed by atoms with Crippen molar-refractivity contribution in [1.82, 2.24) is 4.90 Å². The van der Waals surface area contributed by atoms with Crippen LogP contribution in [0.5, 0.6) is 5.75 Å². The number of nitrogens with zero attached hydrogens (tertiary/aromatic N) is 1. The van der Waals surface area contributed by atoms with E-state index in [1.807, 2.05) is 27.7 Å². The number of fused-ring (bicyclic) bond motifs is 5. The molecule has 1 aromatic rings. The maximum Gasteiger partial charge on any atom is 0.435 e. The van der Waals surface area contributed by atoms with E-state index in [1.54, 1.807) is 0 Å². The summed E-state index contributed by atoms with van der Waals surface area (Å²) in [6.45, 7) is 7.61. The summed E-state index contributed by atoms with van der Waals surface area (Å²) < 4.78 is 135. The smallest absolute Gasteiger partial charge is 0.435 e. The Morgan fingerprint density at radius 1 is 0.836 bits per heavy atom. The molecule has 1 aromatic carbocycles. The van der Waals surface area contributed by atoms with E-state index >= 15 is 0 Å². The van der Waals surface area contributed by atoms with Gasteiger partial charge in [0.05, 0.1) is 12.7 Å². The number of benzene rings is 1. The van der Waals surface area contributed by atoms with Gasteiger partial charge in [-0.3, -0.25) is 0 Å². The van der Waals surface area contributed by atoms with E-state index in [0.717, 1.165) is 82.4 Å². The normalized spacial score (nSPS) is 24.9. The van der Waals surface area contributed by atoms with Crippen molar-refractivity contribution in [3.63, 3.8) is 0 Å². The first-order valence-corrected chi connectivity index (χ1v) is 21.8. The molecular weight excluding hydrogens is 782 g/mol. The van der Waals surface area contributed by atoms with Crippen molar-refractivity contribution in [3.05, 3.63) is 29.3 Å². The van der Waals surface area contributed by atoms with Gasteiger partial charge in [0.15, 0.2) is 0 Å². The Bertz CT molecular complexity index is 1310. The molecule has 5 nitrogen and oxygen atoms in total. The number of ether oxygens (including phenoxy) is 3. The zero-order valence-corrected chi connectivity index (χ0v) is 33.9. The maximum absolute atomic E-state index is 13.2. The van der Waals surface area contributed by atoms with E-state index in [9.17, 15) is 39.5 Å². The minimum absolute atomic E-state index is 0.168. The summed E-state index contributed by atoms with van der Waals surface area (Å²) in [6, 6.07) is 6.39. The number of rotatable bonds is 21. The van der Waals surface area contributed by atoms with Crippen molar-refractivity contribution in [1.29, 1.82) is 0 Å². The lowest BCUT2D eigenvalue weighted by Gasteiger charge is -2.50. The van der Waals surface area contributed by atoms with E-state index in [0.29, 0.717) is 30.8 Å². The lowest BCUT2D eigenvalue weighted by atomic mass is 9.55. The maximum atomic E-state index is 13.2. The molecule has 0 unspecified atom stereocenters. The van der Waals surface area contributed by atoms with Crippen LogP contribution in [0.15, 0.2) is 18.2 Å². The van der Waals surface area contributed by atoms with Gasteiger partial charge in [0.25, 0.3) is 0 Å². The number of aliphatic hydroxyl groups excluding tert-OH is 1. The summed E-state index contributed by atoms with van der Waals surface area (Å²) in [5.41, 5.74) is -3.89. The van der Waals surface area contributed by atoms with Gasteiger partial charge in [-0.15, -0.1) is 0 Å². The standard InChI is InChI=1S/C39H58F9NO4S2/c1-34(2,55-54-25-8-6-5-7-21-50)18-19-49(4)20-24-51-28-11-13-29-27(26-28)10-12-31-30(29)16-17-35(3)32(31)14-15-33(35)52-22-9-23-53-36(37(40,41)42,38(43,44)45)39(46,47)48/h11,13,26,30-33,50H,5-10,12,14-25H2,1-4H3/t30-,31-,32+,33+,35+/m1/s1. The van der Waals surface area contributed by atoms with Gasteiger partial charge in [-0.05, 0) is 138 Å². The van der Waals surface area contributed by atoms with Crippen molar-refractivity contribution >= 4 is 21.6 Å². The Balaban J connectivity index is 1.21. The van der Waals surface area contributed by atoms with Crippen molar-refractivity contribution in [2.24, 2.45) is 17.3 Å². The number of hydrogen-bond acceptors (Lipinski definition) is 7. The van der Waals surface area contributed by atoms with Crippen LogP contribution in [0.25, 0.3) is 0 Å². The predicted molar refractivity (Wildman–Crippen MR) is 200 cm³/mol. The van der Waals surface area contributed by atoms with E-state index in [4.69, 9.17) is 14.6 Å². The Hall–Kier alpha value is -1.07. The highest BCUT2D eigenvalue weighted by molar-refractivity contribution is 8.77. The molecule has 1 N–H and O–H groups in total. The highest BCUT2D eigenvalue weighted by Crippen LogP contribution is 2.62. The molecule has 0 heterocycles. The van der Waals surface area contributed by atoms with Crippen LogP contribution in [0.1, 0.15) is 108 Å². The molecule has 0 bridgehead atoms. The molecule has 2 fully saturated rings. The summed E-state index contributed by atoms with van der Waals surface area (Å²) in [7, 11) is 6.00. The minimum Gasteiger partial charge on any atom is -0.492 e. The predicted octanol–water partition coefficient (Wildman–Crippen LogP) is 11.2. The molecule has 3 aliphatic carbocycles. The number of unbranched alkanes of at least 4 members (excludes halogenated alkanes) is 3. The summed E-state index contributed by atoms with van der Waals surface area (Å²) in [5, 5.41) is 8.90. The van der Waals surface area contributed by atoms with Gasteiger partial charge in [-0.1, -0.05) is 47.4 Å². The van der Waals surface area contributed by atoms with Crippen LogP contribution >= 0.6 is 21.6 Å². The van der Waals surface area contributed by atoms with Crippen molar-refractivity contribution in [2.45, 2.75) is 139 Å². The molecule has 2 saturated carbocycles. The van der Waals surface area contributed by atoms with E-state index in [-0.39, 0.29) is 29.5 Å². The number of aryl methyl sites for hydroxylation is 1. The van der Waals surface area contributed by atoms with Crippen LogP contribution < -0.4 is 4.74 Å². The molecule has 5 atom stereocenters. The summed E-state index contributed by atoms with van der Waals surface area (Å²) in [4.78, 5) is 2.30. The molecule has 0 saturated heterocycles. The number of alkyl halides is 9. The average Bonchev–Trinajstić information content (AvgIpc) is 3.42. The fourth-order valence-corrected chi connectivity index (χ4v) is 11.6. The zero-order chi connectivity index (χ0) is 40.7. The second kappa shape index (κ2) is 19.3. The van der Waals surface area contributed by atoms with Crippen LogP contribution in [0.3, 0.4) is 0 Å². The molecular formula is C39H58F9NO4S2. The molecule has 0 spiro atoms. The second-order valence-electron chi connectivity index (χ2n) is 16.3. The van der Waals surface area contributed by atoms with Crippen molar-refractivity contribution < 1.29 is 58.8 Å². The van der Waals surface area contributed by atoms with Gasteiger partial charge in [-0.25, -0.2) is 0 Å². The third-order valence-electron chi connectivity index (χ3n) is 12.0. The third-order valence-corrected chi connectivity index (χ3v) is 15.4. The number of hydrogen-bond donors (Lipinski definition) is 1. The molecule has 0 amide bonds. The largest absolute Gasteiger partial charge is 0.492 e. The van der Waals surface area contributed by atoms with Gasteiger partial charge >= 0.3 is 24.1 Å². The van der Waals surface area contributed by atoms with Gasteiger partial charge < -0.3 is 24.2 Å². The first-order valence-electron chi connectivity index (χ1n) is 19.5. The average molecular weight is 840 g/mol. The van der Waals surface area contributed by atoms with E-state index in [1.165, 1.54) is 17.5 Å². The Morgan fingerprint density at radius 3 is 2.20 bits per heavy atom. The van der Waals surface area contributed by atoms with Crippen LogP contribution in [0.4, 0.5) is 39.5 Å². The lowest BCUT2D eigenvalue weighted by molar-refractivity contribution is -0.457. The van der Waals surface area contributed by atoms with Gasteiger partial charge in [0.2, 0.25) is 0 Å². The molecule has 318 valence electrons. The van der Waals surface area contributed by atoms with Crippen molar-refractivity contribution in [3.8, 4) is 5.75 Å². The summed E-state index contributed by atoms with van der Waals surface area (Å²) in [6.07, 6.45) is -10.5. The highest BCUT2D eigenvalue weighted by atomic mass is 33.1. The van der Waals surface area contributed by atoms with Gasteiger partial charge in [0, 0.05) is 30.3 Å². The molecule has 55 heavy (non-hydrogen) atoms. The van der Waals surface area contributed by atoms with Crippen LogP contribution in [-0.2, 0) is 15.9 Å². The zero-order valence-electron chi connectivity index (χ0n) is 32.3. The SMILES string of the molecule is CN(CCOc1ccc2c(c1)CC[C@@H]1[C@@H]2CC[C@]2(C)[C@@H](OCCCOC(C(F)(F)F)(C(F)(F)F)C(F)(F)F)CC[C@@H]12)CCC(C)(C)SSCCCCCCO. The Labute approximate surface area is 327 Å². The fraction of sp³-hybridized carbons (Fsp3) is 0.846. The minimum atomic E-state index is -6.74. The number of halogens is 9. The second-order valence-corrected chi connectivity index (χ2v) is 19.5. The van der Waals surface area contributed by atoms with E-state index in [2.05, 4.69) is 49.6 Å². The molecule has 0 aromatic heterocycles. The molecule has 3 aliphatic rings. The highest BCUT2D eigenvalue weighted by Gasteiger charge is 2.85. The fourth-order valence-electron chi connectivity index (χ4n) is 8.87. The summed E-state index contributed by atoms with van der Waals surface area (Å²) >= 11 is 0. The third kappa shape index (κ3) is 11.4. The van der Waals surface area contributed by atoms with Crippen LogP contribution in [0.2, 0.25) is 0 Å². The molecule has 0 radical (unpaired) electrons. The topological polar surface area (TPSA) is 51.2 Å². The van der Waals surface area contributed by atoms with Gasteiger partial charge in [-0.2, -0.15) is 39.5 Å². The van der Waals surface area contributed by atoms with Crippen LogP contribution in [0, 0.1) is 17.3 Å².